The Morgan fingerprint density at radius 2 is 1.58 bits per heavy atom. The fourth-order valence-corrected chi connectivity index (χ4v) is 3.62. The topological polar surface area (TPSA) is 87.7 Å². The van der Waals surface area contributed by atoms with Gasteiger partial charge in [-0.15, -0.1) is 0 Å². The van der Waals surface area contributed by atoms with Gasteiger partial charge in [-0.25, -0.2) is 4.90 Å². The number of benzene rings is 3. The molecule has 166 valence electrons. The molecule has 0 saturated carbocycles. The maximum atomic E-state index is 13.5. The van der Waals surface area contributed by atoms with E-state index in [0.717, 1.165) is 4.90 Å². The fourth-order valence-electron chi connectivity index (χ4n) is 3.50. The normalized spacial score (nSPS) is 13.4. The van der Waals surface area contributed by atoms with Crippen molar-refractivity contribution in [2.45, 2.75) is 6.92 Å². The number of imide groups is 1. The molecule has 7 nitrogen and oxygen atoms in total. The third-order valence-corrected chi connectivity index (χ3v) is 5.25. The molecular formula is C25H20ClN3O4. The summed E-state index contributed by atoms with van der Waals surface area (Å²) >= 11 is 6.02. The van der Waals surface area contributed by atoms with Crippen molar-refractivity contribution in [1.82, 2.24) is 0 Å². The van der Waals surface area contributed by atoms with E-state index in [2.05, 4.69) is 10.6 Å². The predicted molar refractivity (Wildman–Crippen MR) is 128 cm³/mol. The highest BCUT2D eigenvalue weighted by atomic mass is 35.5. The van der Waals surface area contributed by atoms with E-state index in [-0.39, 0.29) is 17.2 Å². The number of nitrogens with one attached hydrogen (secondary N) is 2. The van der Waals surface area contributed by atoms with Gasteiger partial charge in [-0.05, 0) is 54.1 Å². The number of carbonyl (C=O) groups is 3. The van der Waals surface area contributed by atoms with Crippen molar-refractivity contribution >= 4 is 52.0 Å². The number of methoxy groups -OCH3 is 1. The Morgan fingerprint density at radius 1 is 0.909 bits per heavy atom. The Balaban J connectivity index is 1.75. The first-order valence-corrected chi connectivity index (χ1v) is 10.4. The number of ether oxygens (including phenoxy) is 1. The molecule has 3 amide bonds. The highest BCUT2D eigenvalue weighted by Gasteiger charge is 2.40. The molecule has 2 N–H and O–H groups in total. The molecule has 1 aliphatic heterocycles. The molecule has 0 spiro atoms. The summed E-state index contributed by atoms with van der Waals surface area (Å²) in [5, 5.41) is 6.29. The van der Waals surface area contributed by atoms with E-state index in [1.807, 2.05) is 0 Å². The van der Waals surface area contributed by atoms with Crippen LogP contribution in [0.3, 0.4) is 0 Å². The third kappa shape index (κ3) is 4.58. The fraction of sp³-hybridized carbons (Fsp3) is 0.0800. The number of anilines is 3. The second kappa shape index (κ2) is 9.18. The minimum Gasteiger partial charge on any atom is -0.497 e. The van der Waals surface area contributed by atoms with E-state index >= 15 is 0 Å². The van der Waals surface area contributed by atoms with Crippen molar-refractivity contribution in [1.29, 1.82) is 0 Å². The molecule has 33 heavy (non-hydrogen) atoms. The molecule has 4 rings (SSSR count). The van der Waals surface area contributed by atoms with Crippen molar-refractivity contribution in [3.8, 4) is 5.75 Å². The molecule has 1 heterocycles. The number of amides is 3. The minimum atomic E-state index is -0.496. The van der Waals surface area contributed by atoms with E-state index in [9.17, 15) is 14.4 Å². The van der Waals surface area contributed by atoms with Gasteiger partial charge in [-0.3, -0.25) is 14.4 Å². The maximum Gasteiger partial charge on any atom is 0.282 e. The molecule has 0 bridgehead atoms. The van der Waals surface area contributed by atoms with Crippen molar-refractivity contribution in [2.24, 2.45) is 0 Å². The number of nitrogens with zero attached hydrogens (tertiary/aromatic N) is 1. The SMILES string of the molecule is COc1cccc(N2C(=O)C(Nc3ccc(NC(C)=O)cc3)=C(c3ccc(Cl)cc3)C2=O)c1. The number of rotatable bonds is 6. The van der Waals surface area contributed by atoms with Crippen molar-refractivity contribution in [3.63, 3.8) is 0 Å². The molecule has 0 radical (unpaired) electrons. The number of hydrogen-bond acceptors (Lipinski definition) is 5. The molecule has 0 aromatic heterocycles. The summed E-state index contributed by atoms with van der Waals surface area (Å²) < 4.78 is 5.25. The number of halogens is 1. The van der Waals surface area contributed by atoms with Crippen LogP contribution in [0, 0.1) is 0 Å². The van der Waals surface area contributed by atoms with E-state index < -0.39 is 11.8 Å². The molecule has 0 atom stereocenters. The van der Waals surface area contributed by atoms with Gasteiger partial charge in [0.25, 0.3) is 11.8 Å². The molecule has 0 saturated heterocycles. The summed E-state index contributed by atoms with van der Waals surface area (Å²) in [6, 6.07) is 20.3. The van der Waals surface area contributed by atoms with Crippen LogP contribution in [0.15, 0.2) is 78.5 Å². The Kier molecular flexibility index (Phi) is 6.15. The highest BCUT2D eigenvalue weighted by molar-refractivity contribution is 6.46. The van der Waals surface area contributed by atoms with Crippen LogP contribution in [0.4, 0.5) is 17.1 Å². The monoisotopic (exact) mass is 461 g/mol. The average Bonchev–Trinajstić information content (AvgIpc) is 3.04. The van der Waals surface area contributed by atoms with Crippen LogP contribution >= 0.6 is 11.6 Å². The molecule has 3 aromatic rings. The van der Waals surface area contributed by atoms with Crippen LogP contribution < -0.4 is 20.3 Å². The van der Waals surface area contributed by atoms with Crippen LogP contribution in [0.2, 0.25) is 5.02 Å². The second-order valence-electron chi connectivity index (χ2n) is 7.29. The van der Waals surface area contributed by atoms with E-state index in [4.69, 9.17) is 16.3 Å². The summed E-state index contributed by atoms with van der Waals surface area (Å²) in [6.45, 7) is 1.42. The summed E-state index contributed by atoms with van der Waals surface area (Å²) in [4.78, 5) is 39.3. The highest BCUT2D eigenvalue weighted by Crippen LogP contribution is 2.35. The molecule has 0 unspecified atom stereocenters. The largest absolute Gasteiger partial charge is 0.497 e. The zero-order valence-electron chi connectivity index (χ0n) is 17.9. The lowest BCUT2D eigenvalue weighted by atomic mass is 10.0. The first kappa shape index (κ1) is 22.1. The van der Waals surface area contributed by atoms with Gasteiger partial charge in [0.15, 0.2) is 0 Å². The van der Waals surface area contributed by atoms with Crippen LogP contribution in [0.1, 0.15) is 12.5 Å². The first-order valence-electron chi connectivity index (χ1n) is 10.0. The first-order chi connectivity index (χ1) is 15.9. The second-order valence-corrected chi connectivity index (χ2v) is 7.72. The molecule has 3 aromatic carbocycles. The quantitative estimate of drug-likeness (QED) is 0.519. The lowest BCUT2D eigenvalue weighted by Crippen LogP contribution is -2.32. The predicted octanol–water partition coefficient (Wildman–Crippen LogP) is 4.70. The van der Waals surface area contributed by atoms with Crippen LogP contribution in [0.5, 0.6) is 5.75 Å². The van der Waals surface area contributed by atoms with Gasteiger partial charge >= 0.3 is 0 Å². The summed E-state index contributed by atoms with van der Waals surface area (Å²) in [6.07, 6.45) is 0. The van der Waals surface area contributed by atoms with Gasteiger partial charge in [0.2, 0.25) is 5.91 Å². The Morgan fingerprint density at radius 3 is 2.21 bits per heavy atom. The van der Waals surface area contributed by atoms with Crippen LogP contribution in [-0.2, 0) is 14.4 Å². The van der Waals surface area contributed by atoms with Crippen molar-refractivity contribution < 1.29 is 19.1 Å². The Bertz CT molecular complexity index is 1270. The van der Waals surface area contributed by atoms with Gasteiger partial charge in [-0.2, -0.15) is 0 Å². The minimum absolute atomic E-state index is 0.136. The molecule has 0 fully saturated rings. The number of carbonyl (C=O) groups excluding carboxylic acids is 3. The maximum absolute atomic E-state index is 13.5. The van der Waals surface area contributed by atoms with Gasteiger partial charge in [0, 0.05) is 29.4 Å². The number of hydrogen-bond donors (Lipinski definition) is 2. The molecule has 0 aliphatic carbocycles. The van der Waals surface area contributed by atoms with E-state index in [1.165, 1.54) is 14.0 Å². The summed E-state index contributed by atoms with van der Waals surface area (Å²) in [7, 11) is 1.52. The standard InChI is InChI=1S/C25H20ClN3O4/c1-15(30)27-18-10-12-19(13-11-18)28-23-22(16-6-8-17(26)9-7-16)24(31)29(25(23)32)20-4-3-5-21(14-20)33-2/h3-14,28H,1-2H3,(H,27,30). The van der Waals surface area contributed by atoms with Gasteiger partial charge in [-0.1, -0.05) is 29.8 Å². The summed E-state index contributed by atoms with van der Waals surface area (Å²) in [5.41, 5.74) is 2.52. The molecule has 1 aliphatic rings. The van der Waals surface area contributed by atoms with Crippen LogP contribution in [-0.4, -0.2) is 24.8 Å². The Hall–Kier alpha value is -4.10. The van der Waals surface area contributed by atoms with E-state index in [0.29, 0.717) is 33.4 Å². The molecule has 8 heteroatoms. The van der Waals surface area contributed by atoms with Crippen molar-refractivity contribution in [2.75, 3.05) is 22.6 Å². The van der Waals surface area contributed by atoms with Crippen molar-refractivity contribution in [3.05, 3.63) is 89.1 Å². The van der Waals surface area contributed by atoms with Crippen LogP contribution in [0.25, 0.3) is 5.57 Å². The zero-order chi connectivity index (χ0) is 23.5. The van der Waals surface area contributed by atoms with E-state index in [1.54, 1.807) is 72.8 Å². The Labute approximate surface area is 195 Å². The van der Waals surface area contributed by atoms with Gasteiger partial charge in [0.05, 0.1) is 18.4 Å². The zero-order valence-corrected chi connectivity index (χ0v) is 18.6. The lowest BCUT2D eigenvalue weighted by molar-refractivity contribution is -0.120. The summed E-state index contributed by atoms with van der Waals surface area (Å²) in [5.74, 6) is -0.623. The average molecular weight is 462 g/mol. The lowest BCUT2D eigenvalue weighted by Gasteiger charge is -2.16. The van der Waals surface area contributed by atoms with Gasteiger partial charge < -0.3 is 15.4 Å². The third-order valence-electron chi connectivity index (χ3n) is 5.00. The smallest absolute Gasteiger partial charge is 0.282 e. The molecular weight excluding hydrogens is 442 g/mol. The van der Waals surface area contributed by atoms with Gasteiger partial charge in [0.1, 0.15) is 11.4 Å².